The van der Waals surface area contributed by atoms with Crippen LogP contribution in [-0.4, -0.2) is 43.3 Å². The van der Waals surface area contributed by atoms with E-state index < -0.39 is 23.0 Å². The third-order valence-electron chi connectivity index (χ3n) is 3.52. The van der Waals surface area contributed by atoms with E-state index in [2.05, 4.69) is 0 Å². The number of hydrogen-bond acceptors (Lipinski definition) is 8. The fourth-order valence-corrected chi connectivity index (χ4v) is 2.06. The van der Waals surface area contributed by atoms with E-state index in [4.69, 9.17) is 18.9 Å². The summed E-state index contributed by atoms with van der Waals surface area (Å²) in [6.45, 7) is 1.93. The smallest absolute Gasteiger partial charge is 0.352 e. The molecule has 0 aliphatic carbocycles. The van der Waals surface area contributed by atoms with Crippen molar-refractivity contribution < 1.29 is 33.5 Å². The molecule has 2 rings (SSSR count). The van der Waals surface area contributed by atoms with Gasteiger partial charge < -0.3 is 18.9 Å². The number of nitro benzene ring substituents is 1. The molecule has 0 fully saturated rings. The average Bonchev–Trinajstić information content (AvgIpc) is 2.69. The molecule has 0 bridgehead atoms. The van der Waals surface area contributed by atoms with Crippen molar-refractivity contribution in [1.82, 2.24) is 0 Å². The molecule has 0 aromatic heterocycles. The van der Waals surface area contributed by atoms with Crippen LogP contribution in [-0.2, 0) is 14.3 Å². The van der Waals surface area contributed by atoms with Crippen molar-refractivity contribution in [2.45, 2.75) is 13.0 Å². The molecule has 28 heavy (non-hydrogen) atoms. The summed E-state index contributed by atoms with van der Waals surface area (Å²) < 4.78 is 20.4. The lowest BCUT2D eigenvalue weighted by atomic mass is 10.2. The normalized spacial score (nSPS) is 11.4. The monoisotopic (exact) mass is 389 g/mol. The molecule has 0 saturated heterocycles. The topological polar surface area (TPSA) is 114 Å². The van der Waals surface area contributed by atoms with Crippen molar-refractivity contribution in [1.29, 1.82) is 0 Å². The van der Waals surface area contributed by atoms with Crippen LogP contribution in [0.15, 0.2) is 48.5 Å². The Kier molecular flexibility index (Phi) is 7.46. The second-order valence-corrected chi connectivity index (χ2v) is 5.59. The lowest BCUT2D eigenvalue weighted by Gasteiger charge is -2.14. The Labute approximate surface area is 160 Å². The second kappa shape index (κ2) is 10.0. The van der Waals surface area contributed by atoms with Crippen LogP contribution in [0.5, 0.6) is 11.5 Å². The molecule has 0 saturated carbocycles. The van der Waals surface area contributed by atoms with E-state index in [1.54, 1.807) is 0 Å². The maximum Gasteiger partial charge on any atom is 0.352 e. The Morgan fingerprint density at radius 1 is 1.00 bits per heavy atom. The second-order valence-electron chi connectivity index (χ2n) is 5.59. The molecule has 2 aromatic carbocycles. The number of nitrogens with zero attached hydrogens (tertiary/aromatic N) is 1. The molecule has 0 N–H and O–H groups in total. The number of carbonyl (C=O) groups excluding carboxylic acids is 2. The summed E-state index contributed by atoms with van der Waals surface area (Å²) in [6, 6.07) is 11.2. The quantitative estimate of drug-likeness (QED) is 0.211. The molecule has 9 heteroatoms. The minimum absolute atomic E-state index is 0.0802. The van der Waals surface area contributed by atoms with Crippen molar-refractivity contribution in [3.8, 4) is 11.5 Å². The van der Waals surface area contributed by atoms with Crippen molar-refractivity contribution in [2.75, 3.05) is 20.3 Å². The number of methoxy groups -OCH3 is 1. The van der Waals surface area contributed by atoms with Crippen LogP contribution >= 0.6 is 0 Å². The molecule has 0 radical (unpaired) electrons. The molecule has 0 aliphatic heterocycles. The van der Waals surface area contributed by atoms with Gasteiger partial charge in [0.1, 0.15) is 18.1 Å². The van der Waals surface area contributed by atoms with Gasteiger partial charge in [0.05, 0.1) is 17.1 Å². The molecule has 9 nitrogen and oxygen atoms in total. The zero-order valence-corrected chi connectivity index (χ0v) is 15.3. The Bertz CT molecular complexity index is 817. The summed E-state index contributed by atoms with van der Waals surface area (Å²) >= 11 is 0. The van der Waals surface area contributed by atoms with Crippen LogP contribution < -0.4 is 9.47 Å². The molecule has 0 spiro atoms. The molecule has 1 unspecified atom stereocenters. The predicted molar refractivity (Wildman–Crippen MR) is 97.4 cm³/mol. The SMILES string of the molecule is COCCOC(=O)c1ccc(OC(=O)C(C)Oc2ccc([N+](=O)[O-])cc2)cc1. The van der Waals surface area contributed by atoms with Crippen molar-refractivity contribution in [3.05, 3.63) is 64.2 Å². The zero-order chi connectivity index (χ0) is 20.5. The summed E-state index contributed by atoms with van der Waals surface area (Å²) in [5.41, 5.74) is 0.231. The first-order valence-electron chi connectivity index (χ1n) is 8.29. The highest BCUT2D eigenvalue weighted by Gasteiger charge is 2.18. The minimum atomic E-state index is -0.944. The Morgan fingerprint density at radius 3 is 2.18 bits per heavy atom. The van der Waals surface area contributed by atoms with Crippen LogP contribution in [0.2, 0.25) is 0 Å². The molecular weight excluding hydrogens is 370 g/mol. The molecule has 1 atom stereocenters. The van der Waals surface area contributed by atoms with Gasteiger partial charge in [0, 0.05) is 19.2 Å². The maximum atomic E-state index is 12.1. The Morgan fingerprint density at radius 2 is 1.61 bits per heavy atom. The molecule has 2 aromatic rings. The summed E-state index contributed by atoms with van der Waals surface area (Å²) in [5, 5.41) is 10.6. The third kappa shape index (κ3) is 6.06. The Hall–Kier alpha value is -3.46. The van der Waals surface area contributed by atoms with Gasteiger partial charge in [-0.25, -0.2) is 9.59 Å². The first-order valence-corrected chi connectivity index (χ1v) is 8.29. The lowest BCUT2D eigenvalue weighted by molar-refractivity contribution is -0.384. The standard InChI is InChI=1S/C19H19NO8/c1-13(27-16-9-5-15(6-10-16)20(23)24)18(21)28-17-7-3-14(4-8-17)19(22)26-12-11-25-2/h3-10,13H,11-12H2,1-2H3. The van der Waals surface area contributed by atoms with Crippen LogP contribution in [0.4, 0.5) is 5.69 Å². The first kappa shape index (κ1) is 20.8. The first-order chi connectivity index (χ1) is 13.4. The fourth-order valence-electron chi connectivity index (χ4n) is 2.06. The van der Waals surface area contributed by atoms with Gasteiger partial charge in [-0.05, 0) is 43.3 Å². The number of ether oxygens (including phenoxy) is 4. The number of non-ortho nitro benzene ring substituents is 1. The van der Waals surface area contributed by atoms with Gasteiger partial charge in [0.25, 0.3) is 5.69 Å². The van der Waals surface area contributed by atoms with Crippen LogP contribution in [0.1, 0.15) is 17.3 Å². The van der Waals surface area contributed by atoms with E-state index in [9.17, 15) is 19.7 Å². The zero-order valence-electron chi connectivity index (χ0n) is 15.3. The number of hydrogen-bond donors (Lipinski definition) is 0. The Balaban J connectivity index is 1.89. The summed E-state index contributed by atoms with van der Waals surface area (Å²) in [5.74, 6) is -0.639. The maximum absolute atomic E-state index is 12.1. The molecule has 0 amide bonds. The largest absolute Gasteiger partial charge is 0.479 e. The fraction of sp³-hybridized carbons (Fsp3) is 0.263. The van der Waals surface area contributed by atoms with Gasteiger partial charge in [-0.15, -0.1) is 0 Å². The van der Waals surface area contributed by atoms with Crippen LogP contribution in [0.25, 0.3) is 0 Å². The van der Waals surface area contributed by atoms with E-state index >= 15 is 0 Å². The van der Waals surface area contributed by atoms with Crippen molar-refractivity contribution in [3.63, 3.8) is 0 Å². The van der Waals surface area contributed by atoms with Gasteiger partial charge in [-0.2, -0.15) is 0 Å². The van der Waals surface area contributed by atoms with E-state index in [0.29, 0.717) is 17.9 Å². The van der Waals surface area contributed by atoms with Gasteiger partial charge in [-0.1, -0.05) is 0 Å². The van der Waals surface area contributed by atoms with E-state index in [1.807, 2.05) is 0 Å². The summed E-state index contributed by atoms with van der Waals surface area (Å²) in [4.78, 5) is 34.0. The van der Waals surface area contributed by atoms with Gasteiger partial charge in [0.2, 0.25) is 0 Å². The van der Waals surface area contributed by atoms with Gasteiger partial charge in [0.15, 0.2) is 6.10 Å². The summed E-state index contributed by atoms with van der Waals surface area (Å²) in [7, 11) is 1.50. The average molecular weight is 389 g/mol. The lowest BCUT2D eigenvalue weighted by Crippen LogP contribution is -2.28. The number of rotatable bonds is 9. The molecular formula is C19H19NO8. The number of benzene rings is 2. The van der Waals surface area contributed by atoms with Crippen molar-refractivity contribution >= 4 is 17.6 Å². The number of carbonyl (C=O) groups is 2. The third-order valence-corrected chi connectivity index (χ3v) is 3.52. The van der Waals surface area contributed by atoms with Crippen molar-refractivity contribution in [2.24, 2.45) is 0 Å². The van der Waals surface area contributed by atoms with E-state index in [1.165, 1.54) is 62.6 Å². The molecule has 148 valence electrons. The van der Waals surface area contributed by atoms with Gasteiger partial charge in [-0.3, -0.25) is 10.1 Å². The van der Waals surface area contributed by atoms with Crippen LogP contribution in [0, 0.1) is 10.1 Å². The summed E-state index contributed by atoms with van der Waals surface area (Å²) in [6.07, 6.45) is -0.944. The molecule has 0 heterocycles. The minimum Gasteiger partial charge on any atom is -0.479 e. The van der Waals surface area contributed by atoms with E-state index in [-0.39, 0.29) is 18.0 Å². The highest BCUT2D eigenvalue weighted by Crippen LogP contribution is 2.19. The van der Waals surface area contributed by atoms with Crippen LogP contribution in [0.3, 0.4) is 0 Å². The predicted octanol–water partition coefficient (Wildman–Crippen LogP) is 2.77. The highest BCUT2D eigenvalue weighted by atomic mass is 16.6. The van der Waals surface area contributed by atoms with E-state index in [0.717, 1.165) is 0 Å². The number of nitro groups is 1. The highest BCUT2D eigenvalue weighted by molar-refractivity contribution is 5.89. The molecule has 0 aliphatic rings. The number of esters is 2. The van der Waals surface area contributed by atoms with Gasteiger partial charge >= 0.3 is 11.9 Å².